The van der Waals surface area contributed by atoms with Crippen molar-refractivity contribution in [2.24, 2.45) is 5.92 Å². The molecule has 9 nitrogen and oxygen atoms in total. The maximum Gasteiger partial charge on any atom is 0.308 e. The lowest BCUT2D eigenvalue weighted by atomic mass is 9.90. The molecule has 0 aromatic carbocycles. The van der Waals surface area contributed by atoms with Crippen LogP contribution in [0, 0.1) is 5.92 Å². The number of hydrogen-bond acceptors (Lipinski definition) is 6. The number of likely N-dealkylation sites (N-methyl/N-ethyl adjacent to an activating group) is 1. The first-order valence-electron chi connectivity index (χ1n) is 7.86. The van der Waals surface area contributed by atoms with Gasteiger partial charge in [-0.25, -0.2) is 15.0 Å². The van der Waals surface area contributed by atoms with Crippen molar-refractivity contribution in [3.63, 3.8) is 0 Å². The molecular formula is C15H20N6O3. The van der Waals surface area contributed by atoms with E-state index < -0.39 is 11.9 Å². The largest absolute Gasteiger partial charge is 0.481 e. The van der Waals surface area contributed by atoms with Crippen molar-refractivity contribution in [1.82, 2.24) is 24.8 Å². The number of carbonyl (C=O) groups is 2. The van der Waals surface area contributed by atoms with Crippen LogP contribution in [0.2, 0.25) is 0 Å². The second-order valence-electron chi connectivity index (χ2n) is 6.07. The summed E-state index contributed by atoms with van der Waals surface area (Å²) in [5, 5.41) is 9.29. The van der Waals surface area contributed by atoms with Crippen LogP contribution in [0.3, 0.4) is 0 Å². The van der Waals surface area contributed by atoms with Crippen molar-refractivity contribution in [2.75, 3.05) is 25.0 Å². The lowest BCUT2D eigenvalue weighted by Gasteiger charge is -2.38. The quantitative estimate of drug-likeness (QED) is 0.837. The van der Waals surface area contributed by atoms with E-state index in [4.69, 9.17) is 0 Å². The maximum absolute atomic E-state index is 12.7. The Balaban J connectivity index is 1.74. The summed E-state index contributed by atoms with van der Waals surface area (Å²) in [6, 6.07) is -0.310. The first-order valence-corrected chi connectivity index (χ1v) is 7.86. The molecule has 128 valence electrons. The van der Waals surface area contributed by atoms with E-state index >= 15 is 0 Å². The highest BCUT2D eigenvalue weighted by molar-refractivity contribution is 5.87. The van der Waals surface area contributed by atoms with E-state index in [0.29, 0.717) is 36.4 Å². The number of fused-ring (bicyclic) bond motifs is 1. The average molecular weight is 332 g/mol. The molecule has 0 saturated carbocycles. The van der Waals surface area contributed by atoms with Crippen LogP contribution in [0.25, 0.3) is 11.2 Å². The van der Waals surface area contributed by atoms with Crippen LogP contribution in [0.1, 0.15) is 19.8 Å². The van der Waals surface area contributed by atoms with Crippen molar-refractivity contribution in [3.05, 3.63) is 12.7 Å². The van der Waals surface area contributed by atoms with E-state index in [-0.39, 0.29) is 18.5 Å². The summed E-state index contributed by atoms with van der Waals surface area (Å²) in [5.74, 6) is -0.873. The topological polar surface area (TPSA) is 115 Å². The van der Waals surface area contributed by atoms with Gasteiger partial charge in [0.05, 0.1) is 18.8 Å². The second-order valence-corrected chi connectivity index (χ2v) is 6.07. The number of aliphatic carboxylic acids is 1. The minimum Gasteiger partial charge on any atom is -0.481 e. The minimum atomic E-state index is -0.844. The maximum atomic E-state index is 12.7. The van der Waals surface area contributed by atoms with E-state index in [1.165, 1.54) is 12.7 Å². The molecule has 0 spiro atoms. The second kappa shape index (κ2) is 6.42. The van der Waals surface area contributed by atoms with E-state index in [2.05, 4.69) is 19.9 Å². The van der Waals surface area contributed by atoms with Crippen LogP contribution < -0.4 is 4.90 Å². The number of nitrogens with zero attached hydrogens (tertiary/aromatic N) is 5. The molecule has 1 fully saturated rings. The summed E-state index contributed by atoms with van der Waals surface area (Å²) >= 11 is 0. The van der Waals surface area contributed by atoms with Gasteiger partial charge < -0.3 is 19.9 Å². The van der Waals surface area contributed by atoms with Gasteiger partial charge >= 0.3 is 5.97 Å². The fourth-order valence-corrected chi connectivity index (χ4v) is 3.24. The predicted octanol–water partition coefficient (Wildman–Crippen LogP) is 0.501. The van der Waals surface area contributed by atoms with Gasteiger partial charge in [0, 0.05) is 19.6 Å². The Labute approximate surface area is 138 Å². The zero-order chi connectivity index (χ0) is 17.3. The van der Waals surface area contributed by atoms with Crippen LogP contribution in [-0.2, 0) is 9.59 Å². The summed E-state index contributed by atoms with van der Waals surface area (Å²) in [4.78, 5) is 42.7. The molecule has 0 aliphatic carbocycles. The highest BCUT2D eigenvalue weighted by Gasteiger charge is 2.35. The molecule has 3 heterocycles. The molecule has 9 heteroatoms. The Hall–Kier alpha value is -2.71. The molecule has 2 aromatic rings. The molecular weight excluding hydrogens is 312 g/mol. The number of anilines is 1. The lowest BCUT2D eigenvalue weighted by Crippen LogP contribution is -2.51. The predicted molar refractivity (Wildman–Crippen MR) is 86.5 cm³/mol. The summed E-state index contributed by atoms with van der Waals surface area (Å²) in [6.45, 7) is 2.50. The Morgan fingerprint density at radius 1 is 1.42 bits per heavy atom. The van der Waals surface area contributed by atoms with Gasteiger partial charge in [0.2, 0.25) is 5.91 Å². The van der Waals surface area contributed by atoms with Gasteiger partial charge in [-0.15, -0.1) is 0 Å². The fraction of sp³-hybridized carbons (Fsp3) is 0.533. The van der Waals surface area contributed by atoms with Gasteiger partial charge in [-0.2, -0.15) is 0 Å². The highest BCUT2D eigenvalue weighted by Crippen LogP contribution is 2.24. The van der Waals surface area contributed by atoms with Crippen LogP contribution in [0.4, 0.5) is 5.82 Å². The SMILES string of the molecule is C[C@@H]1[C@H](C(=O)O)CCCN1C(=O)CN(C)c1ncnc2nc[nH]c12. The summed E-state index contributed by atoms with van der Waals surface area (Å²) in [7, 11) is 1.77. The van der Waals surface area contributed by atoms with Crippen molar-refractivity contribution >= 4 is 28.9 Å². The Morgan fingerprint density at radius 3 is 2.96 bits per heavy atom. The molecule has 0 unspecified atom stereocenters. The summed E-state index contributed by atoms with van der Waals surface area (Å²) in [5.41, 5.74) is 1.21. The molecule has 1 aliphatic heterocycles. The average Bonchev–Trinajstić information content (AvgIpc) is 3.02. The highest BCUT2D eigenvalue weighted by atomic mass is 16.4. The van der Waals surface area contributed by atoms with Gasteiger partial charge in [0.25, 0.3) is 0 Å². The van der Waals surface area contributed by atoms with Gasteiger partial charge in [-0.05, 0) is 19.8 Å². The number of amides is 1. The zero-order valence-electron chi connectivity index (χ0n) is 13.6. The number of hydrogen-bond donors (Lipinski definition) is 2. The number of H-pyrrole nitrogens is 1. The molecule has 24 heavy (non-hydrogen) atoms. The Bertz CT molecular complexity index is 761. The minimum absolute atomic E-state index is 0.109. The van der Waals surface area contributed by atoms with Crippen molar-refractivity contribution < 1.29 is 14.7 Å². The van der Waals surface area contributed by atoms with Crippen molar-refractivity contribution in [1.29, 1.82) is 0 Å². The third kappa shape index (κ3) is 2.89. The first kappa shape index (κ1) is 16.2. The van der Waals surface area contributed by atoms with Crippen molar-refractivity contribution in [3.8, 4) is 0 Å². The summed E-state index contributed by atoms with van der Waals surface area (Å²) in [6.07, 6.45) is 4.25. The van der Waals surface area contributed by atoms with Gasteiger partial charge in [-0.3, -0.25) is 9.59 Å². The third-order valence-electron chi connectivity index (χ3n) is 4.56. The monoisotopic (exact) mass is 332 g/mol. The third-order valence-corrected chi connectivity index (χ3v) is 4.56. The molecule has 2 N–H and O–H groups in total. The normalized spacial score (nSPS) is 21.0. The van der Waals surface area contributed by atoms with Gasteiger partial charge in [0.1, 0.15) is 11.8 Å². The smallest absolute Gasteiger partial charge is 0.308 e. The number of piperidine rings is 1. The molecule has 0 bridgehead atoms. The molecule has 3 rings (SSSR count). The van der Waals surface area contributed by atoms with Gasteiger partial charge in [-0.1, -0.05) is 0 Å². The number of aromatic amines is 1. The molecule has 1 amide bonds. The van der Waals surface area contributed by atoms with E-state index in [1.54, 1.807) is 23.8 Å². The summed E-state index contributed by atoms with van der Waals surface area (Å²) < 4.78 is 0. The van der Waals surface area contributed by atoms with E-state index in [1.807, 2.05) is 0 Å². The fourth-order valence-electron chi connectivity index (χ4n) is 3.24. The van der Waals surface area contributed by atoms with Crippen LogP contribution >= 0.6 is 0 Å². The number of carboxylic acid groups (broad SMARTS) is 1. The van der Waals surface area contributed by atoms with Crippen molar-refractivity contribution in [2.45, 2.75) is 25.8 Å². The van der Waals surface area contributed by atoms with Crippen LogP contribution in [0.5, 0.6) is 0 Å². The number of likely N-dealkylation sites (tertiary alicyclic amines) is 1. The number of aromatic nitrogens is 4. The molecule has 2 atom stereocenters. The Morgan fingerprint density at radius 2 is 2.21 bits per heavy atom. The number of carbonyl (C=O) groups excluding carboxylic acids is 1. The first-order chi connectivity index (χ1) is 11.5. The van der Waals surface area contributed by atoms with Crippen LogP contribution in [-0.4, -0.2) is 68.0 Å². The van der Waals surface area contributed by atoms with E-state index in [9.17, 15) is 14.7 Å². The van der Waals surface area contributed by atoms with E-state index in [0.717, 1.165) is 0 Å². The number of imidazole rings is 1. The molecule has 1 aliphatic rings. The number of carboxylic acids is 1. The molecule has 0 radical (unpaired) electrons. The zero-order valence-corrected chi connectivity index (χ0v) is 13.6. The number of rotatable bonds is 4. The van der Waals surface area contributed by atoms with Crippen LogP contribution in [0.15, 0.2) is 12.7 Å². The Kier molecular flexibility index (Phi) is 4.32. The number of nitrogens with one attached hydrogen (secondary N) is 1. The van der Waals surface area contributed by atoms with Gasteiger partial charge in [0.15, 0.2) is 11.5 Å². The lowest BCUT2D eigenvalue weighted by molar-refractivity contribution is -0.148. The molecule has 2 aromatic heterocycles. The molecule has 1 saturated heterocycles. The standard InChI is InChI=1S/C15H20N6O3/c1-9-10(15(23)24)4-3-5-21(9)11(22)6-20(2)14-12-13(17-7-16-12)18-8-19-14/h7-10H,3-6H2,1-2H3,(H,23,24)(H,16,17,18,19)/t9-,10-/m1/s1.